The molecule has 8 nitrogen and oxygen atoms in total. The lowest BCUT2D eigenvalue weighted by atomic mass is 9.95. The van der Waals surface area contributed by atoms with Crippen molar-refractivity contribution in [1.29, 1.82) is 0 Å². The molecule has 1 aromatic rings. The van der Waals surface area contributed by atoms with Crippen LogP contribution in [0.2, 0.25) is 0 Å². The van der Waals surface area contributed by atoms with Gasteiger partial charge >= 0.3 is 6.03 Å². The third-order valence-corrected chi connectivity index (χ3v) is 5.42. The molecule has 2 N–H and O–H groups in total. The van der Waals surface area contributed by atoms with Crippen LogP contribution in [0.25, 0.3) is 0 Å². The number of urea groups is 1. The van der Waals surface area contributed by atoms with E-state index in [9.17, 15) is 14.7 Å². The third kappa shape index (κ3) is 5.23. The van der Waals surface area contributed by atoms with Crippen LogP contribution in [-0.2, 0) is 6.54 Å². The van der Waals surface area contributed by atoms with Crippen molar-refractivity contribution in [2.45, 2.75) is 44.2 Å². The first-order valence-electron chi connectivity index (χ1n) is 9.62. The molecule has 0 unspecified atom stereocenters. The van der Waals surface area contributed by atoms with Crippen molar-refractivity contribution in [1.82, 2.24) is 15.1 Å². The van der Waals surface area contributed by atoms with Crippen molar-refractivity contribution in [2.24, 2.45) is 0 Å². The molecule has 2 aliphatic rings. The summed E-state index contributed by atoms with van der Waals surface area (Å²) in [4.78, 5) is 28.0. The number of carbonyl (C=O) groups is 1. The maximum absolute atomic E-state index is 12.1. The minimum absolute atomic E-state index is 0.0814. The smallest absolute Gasteiger partial charge is 0.317 e. The summed E-state index contributed by atoms with van der Waals surface area (Å²) >= 11 is 0. The Morgan fingerprint density at radius 2 is 2.04 bits per heavy atom. The molecule has 2 fully saturated rings. The van der Waals surface area contributed by atoms with E-state index in [0.29, 0.717) is 31.7 Å². The number of likely N-dealkylation sites (tertiary alicyclic amines) is 2. The number of hydrogen-bond donors (Lipinski definition) is 2. The first-order chi connectivity index (χ1) is 13.0. The molecule has 2 saturated heterocycles. The Bertz CT molecular complexity index is 701. The van der Waals surface area contributed by atoms with Gasteiger partial charge in [0.1, 0.15) is 12.0 Å². The van der Waals surface area contributed by atoms with Crippen LogP contribution in [-0.4, -0.2) is 66.4 Å². The van der Waals surface area contributed by atoms with Crippen LogP contribution in [0.1, 0.15) is 37.9 Å². The summed E-state index contributed by atoms with van der Waals surface area (Å²) in [5.74, 6) is 0.770. The lowest BCUT2D eigenvalue weighted by Gasteiger charge is -2.28. The zero-order valence-corrected chi connectivity index (χ0v) is 15.9. The van der Waals surface area contributed by atoms with E-state index in [1.165, 1.54) is 19.4 Å². The van der Waals surface area contributed by atoms with Crippen LogP contribution in [0.3, 0.4) is 0 Å². The monoisotopic (exact) mass is 379 g/mol. The first kappa shape index (κ1) is 19.7. The van der Waals surface area contributed by atoms with Crippen molar-refractivity contribution in [3.8, 4) is 5.75 Å². The fraction of sp³-hybridized carbons (Fsp3) is 0.684. The summed E-state index contributed by atoms with van der Waals surface area (Å²) in [5, 5.41) is 13.8. The van der Waals surface area contributed by atoms with Crippen LogP contribution < -0.4 is 15.5 Å². The second-order valence-electron chi connectivity index (χ2n) is 7.49. The normalized spacial score (nSPS) is 23.9. The fourth-order valence-corrected chi connectivity index (χ4v) is 3.73. The third-order valence-electron chi connectivity index (χ3n) is 5.42. The number of aliphatic hydroxyl groups is 1. The van der Waals surface area contributed by atoms with Gasteiger partial charge in [-0.2, -0.15) is 0 Å². The maximum atomic E-state index is 12.1. The Hall–Kier alpha value is -2.06. The zero-order valence-electron chi connectivity index (χ0n) is 15.9. The van der Waals surface area contributed by atoms with E-state index in [1.54, 1.807) is 4.90 Å². The number of nitrogens with one attached hydrogen (secondary N) is 1. The summed E-state index contributed by atoms with van der Waals surface area (Å²) in [7, 11) is 1.43. The highest BCUT2D eigenvalue weighted by Crippen LogP contribution is 2.23. The molecule has 2 aliphatic heterocycles. The van der Waals surface area contributed by atoms with Crippen molar-refractivity contribution >= 4 is 6.03 Å². The quantitative estimate of drug-likeness (QED) is 0.797. The molecule has 1 aromatic heterocycles. The zero-order chi connectivity index (χ0) is 19.3. The van der Waals surface area contributed by atoms with Gasteiger partial charge in [0.25, 0.3) is 0 Å². The molecule has 0 saturated carbocycles. The van der Waals surface area contributed by atoms with Gasteiger partial charge in [-0.15, -0.1) is 0 Å². The molecule has 8 heteroatoms. The average molecular weight is 379 g/mol. The van der Waals surface area contributed by atoms with Gasteiger partial charge in [0.05, 0.1) is 19.3 Å². The molecule has 0 aliphatic carbocycles. The number of hydrogen-bond acceptors (Lipinski definition) is 6. The molecule has 3 heterocycles. The topological polar surface area (TPSA) is 95.2 Å². The fourth-order valence-electron chi connectivity index (χ4n) is 3.73. The number of methoxy groups -OCH3 is 1. The molecule has 0 radical (unpaired) electrons. The van der Waals surface area contributed by atoms with Crippen molar-refractivity contribution in [2.75, 3.05) is 39.8 Å². The number of amides is 2. The van der Waals surface area contributed by atoms with Crippen molar-refractivity contribution in [3.05, 3.63) is 28.3 Å². The Labute approximate surface area is 159 Å². The summed E-state index contributed by atoms with van der Waals surface area (Å²) in [6.45, 7) is 3.85. The number of carbonyl (C=O) groups excluding carboxylic acids is 1. The van der Waals surface area contributed by atoms with Crippen LogP contribution in [0.5, 0.6) is 5.75 Å². The number of rotatable bonds is 5. The largest absolute Gasteiger partial charge is 0.490 e. The maximum Gasteiger partial charge on any atom is 0.317 e. The summed E-state index contributed by atoms with van der Waals surface area (Å²) in [6.07, 6.45) is 5.45. The Morgan fingerprint density at radius 3 is 2.74 bits per heavy atom. The van der Waals surface area contributed by atoms with Gasteiger partial charge in [-0.1, -0.05) is 0 Å². The average Bonchev–Trinajstić information content (AvgIpc) is 3.13. The Balaban J connectivity index is 1.51. The van der Waals surface area contributed by atoms with E-state index in [4.69, 9.17) is 9.15 Å². The van der Waals surface area contributed by atoms with E-state index < -0.39 is 5.60 Å². The summed E-state index contributed by atoms with van der Waals surface area (Å²) in [6, 6.07) is 1.37. The van der Waals surface area contributed by atoms with Gasteiger partial charge in [-0.05, 0) is 38.6 Å². The second-order valence-corrected chi connectivity index (χ2v) is 7.49. The van der Waals surface area contributed by atoms with E-state index >= 15 is 0 Å². The molecular weight excluding hydrogens is 350 g/mol. The molecule has 1 atom stereocenters. The van der Waals surface area contributed by atoms with Gasteiger partial charge in [-0.25, -0.2) is 4.79 Å². The van der Waals surface area contributed by atoms with E-state index in [0.717, 1.165) is 38.9 Å². The minimum atomic E-state index is -0.898. The molecular formula is C19H29N3O5. The van der Waals surface area contributed by atoms with Crippen LogP contribution in [0.4, 0.5) is 4.79 Å². The molecule has 2 amide bonds. The standard InChI is InChI=1S/C19H29N3O5/c1-26-17-13-27-15(11-16(17)23)12-21-7-4-5-19(25,6-10-21)14-20-18(24)22-8-2-3-9-22/h11,13,25H,2-10,12,14H2,1H3,(H,20,24)/t19-/m1/s1. The van der Waals surface area contributed by atoms with Crippen LogP contribution in [0, 0.1) is 0 Å². The second kappa shape index (κ2) is 8.75. The van der Waals surface area contributed by atoms with Crippen LogP contribution in [0.15, 0.2) is 21.5 Å². The molecule has 0 bridgehead atoms. The predicted octanol–water partition coefficient (Wildman–Crippen LogP) is 1.17. The van der Waals surface area contributed by atoms with E-state index in [2.05, 4.69) is 10.2 Å². The molecule has 0 aromatic carbocycles. The van der Waals surface area contributed by atoms with E-state index in [1.807, 2.05) is 0 Å². The van der Waals surface area contributed by atoms with Gasteiger partial charge in [0.2, 0.25) is 11.2 Å². The lowest BCUT2D eigenvalue weighted by Crippen LogP contribution is -2.47. The summed E-state index contributed by atoms with van der Waals surface area (Å²) in [5.41, 5.74) is -1.10. The van der Waals surface area contributed by atoms with Gasteiger partial charge < -0.3 is 24.5 Å². The molecule has 27 heavy (non-hydrogen) atoms. The SMILES string of the molecule is COc1coc(CN2CCC[C@](O)(CNC(=O)N3CCCC3)CC2)cc1=O. The van der Waals surface area contributed by atoms with Gasteiger partial charge in [-0.3, -0.25) is 9.69 Å². The molecule has 0 spiro atoms. The number of nitrogens with zero attached hydrogens (tertiary/aromatic N) is 2. The molecule has 150 valence electrons. The summed E-state index contributed by atoms with van der Waals surface area (Å²) < 4.78 is 10.4. The van der Waals surface area contributed by atoms with Crippen molar-refractivity contribution < 1.29 is 19.1 Å². The highest BCUT2D eigenvalue weighted by molar-refractivity contribution is 5.74. The van der Waals surface area contributed by atoms with Crippen molar-refractivity contribution in [3.63, 3.8) is 0 Å². The Morgan fingerprint density at radius 1 is 1.26 bits per heavy atom. The van der Waals surface area contributed by atoms with Gasteiger partial charge in [0.15, 0.2) is 0 Å². The highest BCUT2D eigenvalue weighted by atomic mass is 16.5. The minimum Gasteiger partial charge on any atom is -0.490 e. The Kier molecular flexibility index (Phi) is 6.38. The number of ether oxygens (including phenoxy) is 1. The lowest BCUT2D eigenvalue weighted by molar-refractivity contribution is 0.0266. The molecule has 3 rings (SSSR count). The van der Waals surface area contributed by atoms with Crippen LogP contribution >= 0.6 is 0 Å². The first-order valence-corrected chi connectivity index (χ1v) is 9.62. The van der Waals surface area contributed by atoms with Gasteiger partial charge in [0, 0.05) is 32.2 Å². The predicted molar refractivity (Wildman–Crippen MR) is 99.8 cm³/mol. The van der Waals surface area contributed by atoms with E-state index in [-0.39, 0.29) is 23.8 Å². The highest BCUT2D eigenvalue weighted by Gasteiger charge is 2.31.